The summed E-state index contributed by atoms with van der Waals surface area (Å²) in [7, 11) is 5.65. The van der Waals surface area contributed by atoms with E-state index in [4.69, 9.17) is 0 Å². The zero-order chi connectivity index (χ0) is 23.2. The highest BCUT2D eigenvalue weighted by molar-refractivity contribution is 6.00. The Labute approximate surface area is 185 Å². The Balaban J connectivity index is 2.10. The molecule has 2 heterocycles. The molecule has 0 spiro atoms. The number of aromatic nitrogens is 1. The van der Waals surface area contributed by atoms with Crippen molar-refractivity contribution in [1.29, 1.82) is 5.26 Å². The predicted octanol–water partition coefficient (Wildman–Crippen LogP) is 4.60. The number of hydrogen-bond acceptors (Lipinski definition) is 6. The summed E-state index contributed by atoms with van der Waals surface area (Å²) >= 11 is 0. The normalized spacial score (nSPS) is 15.5. The highest BCUT2D eigenvalue weighted by Gasteiger charge is 2.39. The van der Waals surface area contributed by atoms with Gasteiger partial charge in [-0.15, -0.1) is 0 Å². The lowest BCUT2D eigenvalue weighted by Gasteiger charge is -2.39. The lowest BCUT2D eigenvalue weighted by Crippen LogP contribution is -2.35. The molecule has 0 aliphatic carbocycles. The van der Waals surface area contributed by atoms with Crippen LogP contribution in [0.5, 0.6) is 0 Å². The molecule has 32 heavy (non-hydrogen) atoms. The molecule has 0 radical (unpaired) electrons. The van der Waals surface area contributed by atoms with Gasteiger partial charge in [-0.2, -0.15) is 5.26 Å². The third kappa shape index (κ3) is 3.19. The van der Waals surface area contributed by atoms with Gasteiger partial charge in [0.2, 0.25) is 0 Å². The largest absolute Gasteiger partial charge is 0.363 e. The number of nitrogens with zero attached hydrogens (tertiary/aromatic N) is 5. The van der Waals surface area contributed by atoms with Crippen LogP contribution in [0.4, 0.5) is 17.1 Å². The SMILES string of the molecule is CC(=O)C[C@@H]1C(C#N)=C(N(C)C)N(c2ccc([N+](=O)[O-])cc2)c2c1n(C)c1ccccc21. The molecular weight excluding hydrogens is 406 g/mol. The average Bonchev–Trinajstić information content (AvgIpc) is 3.06. The number of allylic oxidation sites excluding steroid dienone is 1. The van der Waals surface area contributed by atoms with Crippen molar-refractivity contribution in [3.63, 3.8) is 0 Å². The fourth-order valence-electron chi connectivity index (χ4n) is 4.58. The molecule has 0 saturated heterocycles. The highest BCUT2D eigenvalue weighted by Crippen LogP contribution is 2.50. The molecule has 0 fully saturated rings. The number of nitro groups is 1. The number of nitro benzene ring substituents is 1. The maximum Gasteiger partial charge on any atom is 0.269 e. The molecule has 1 aliphatic heterocycles. The van der Waals surface area contributed by atoms with E-state index in [0.29, 0.717) is 17.1 Å². The van der Waals surface area contributed by atoms with E-state index in [9.17, 15) is 20.2 Å². The van der Waals surface area contributed by atoms with Crippen molar-refractivity contribution in [2.45, 2.75) is 19.3 Å². The molecular formula is C24H23N5O3. The predicted molar refractivity (Wildman–Crippen MR) is 123 cm³/mol. The van der Waals surface area contributed by atoms with Gasteiger partial charge in [0, 0.05) is 56.7 Å². The van der Waals surface area contributed by atoms with Crippen molar-refractivity contribution in [3.8, 4) is 6.07 Å². The number of nitriles is 1. The van der Waals surface area contributed by atoms with Gasteiger partial charge >= 0.3 is 0 Å². The van der Waals surface area contributed by atoms with E-state index in [1.165, 1.54) is 19.1 Å². The molecule has 0 saturated carbocycles. The maximum atomic E-state index is 12.2. The van der Waals surface area contributed by atoms with E-state index in [0.717, 1.165) is 22.3 Å². The topological polar surface area (TPSA) is 95.4 Å². The first kappa shape index (κ1) is 21.1. The van der Waals surface area contributed by atoms with E-state index in [1.807, 2.05) is 59.8 Å². The van der Waals surface area contributed by atoms with E-state index in [1.54, 1.807) is 12.1 Å². The van der Waals surface area contributed by atoms with Gasteiger partial charge in [-0.1, -0.05) is 18.2 Å². The summed E-state index contributed by atoms with van der Waals surface area (Å²) in [6.07, 6.45) is 0.214. The summed E-state index contributed by atoms with van der Waals surface area (Å²) in [5.74, 6) is 0.258. The van der Waals surface area contributed by atoms with Crippen LogP contribution in [-0.2, 0) is 11.8 Å². The molecule has 8 heteroatoms. The second kappa shape index (κ2) is 7.85. The van der Waals surface area contributed by atoms with Gasteiger partial charge < -0.3 is 9.47 Å². The van der Waals surface area contributed by atoms with Gasteiger partial charge in [0.15, 0.2) is 0 Å². The molecule has 2 aromatic carbocycles. The van der Waals surface area contributed by atoms with Crippen LogP contribution in [-0.4, -0.2) is 34.3 Å². The molecule has 1 aromatic heterocycles. The van der Waals surface area contributed by atoms with Crippen LogP contribution in [0, 0.1) is 21.4 Å². The molecule has 1 aliphatic rings. The number of non-ortho nitro benzene ring substituents is 1. The van der Waals surface area contributed by atoms with Crippen LogP contribution in [0.15, 0.2) is 59.9 Å². The molecule has 1 atom stereocenters. The fourth-order valence-corrected chi connectivity index (χ4v) is 4.58. The van der Waals surface area contributed by atoms with Crippen LogP contribution in [0.2, 0.25) is 0 Å². The van der Waals surface area contributed by atoms with Crippen LogP contribution in [0.1, 0.15) is 25.0 Å². The minimum atomic E-state index is -0.435. The van der Waals surface area contributed by atoms with Gasteiger partial charge in [0.25, 0.3) is 5.69 Å². The summed E-state index contributed by atoms with van der Waals surface area (Å²) < 4.78 is 2.04. The number of Topliss-reactive ketones (excluding diaryl/α,β-unsaturated/α-hetero) is 1. The minimum absolute atomic E-state index is 0.000785. The van der Waals surface area contributed by atoms with E-state index >= 15 is 0 Å². The van der Waals surface area contributed by atoms with Crippen LogP contribution < -0.4 is 4.90 Å². The number of fused-ring (bicyclic) bond motifs is 3. The molecule has 0 bridgehead atoms. The number of carbonyl (C=O) groups is 1. The smallest absolute Gasteiger partial charge is 0.269 e. The Hall–Kier alpha value is -4.12. The van der Waals surface area contributed by atoms with Crippen molar-refractivity contribution >= 4 is 33.7 Å². The van der Waals surface area contributed by atoms with Crippen molar-refractivity contribution in [2.75, 3.05) is 19.0 Å². The first-order chi connectivity index (χ1) is 15.3. The van der Waals surface area contributed by atoms with Crippen molar-refractivity contribution in [2.24, 2.45) is 7.05 Å². The third-order valence-electron chi connectivity index (χ3n) is 5.83. The summed E-state index contributed by atoms with van der Waals surface area (Å²) in [6.45, 7) is 1.54. The van der Waals surface area contributed by atoms with E-state index in [2.05, 4.69) is 6.07 Å². The van der Waals surface area contributed by atoms with E-state index < -0.39 is 10.8 Å². The lowest BCUT2D eigenvalue weighted by molar-refractivity contribution is -0.384. The van der Waals surface area contributed by atoms with Crippen molar-refractivity contribution in [1.82, 2.24) is 9.47 Å². The molecule has 0 unspecified atom stereocenters. The molecule has 162 valence electrons. The summed E-state index contributed by atoms with van der Waals surface area (Å²) in [6, 6.07) is 16.6. The summed E-state index contributed by atoms with van der Waals surface area (Å²) in [5, 5.41) is 22.4. The number of rotatable bonds is 5. The molecule has 0 amide bonds. The first-order valence-electron chi connectivity index (χ1n) is 10.2. The number of ketones is 1. The van der Waals surface area contributed by atoms with Crippen molar-refractivity contribution in [3.05, 3.63) is 75.7 Å². The van der Waals surface area contributed by atoms with Crippen molar-refractivity contribution < 1.29 is 9.72 Å². The molecule has 0 N–H and O–H groups in total. The maximum absolute atomic E-state index is 12.2. The molecule has 3 aromatic rings. The number of aryl methyl sites for hydroxylation is 1. The second-order valence-corrected chi connectivity index (χ2v) is 8.12. The number of carbonyl (C=O) groups excluding carboxylic acids is 1. The first-order valence-corrected chi connectivity index (χ1v) is 10.2. The Morgan fingerprint density at radius 3 is 2.41 bits per heavy atom. The Kier molecular flexibility index (Phi) is 5.18. The average molecular weight is 429 g/mol. The molecule has 4 rings (SSSR count). The molecule has 8 nitrogen and oxygen atoms in total. The second-order valence-electron chi connectivity index (χ2n) is 8.12. The quantitative estimate of drug-likeness (QED) is 0.435. The Morgan fingerprint density at radius 1 is 1.19 bits per heavy atom. The number of benzene rings is 2. The van der Waals surface area contributed by atoms with E-state index in [-0.39, 0.29) is 17.9 Å². The van der Waals surface area contributed by atoms with Crippen LogP contribution >= 0.6 is 0 Å². The standard InChI is InChI=1S/C24H23N5O3/c1-15(30)13-19-20(14-25)24(26(2)3)28(16-9-11-17(12-10-16)29(31)32)23-18-7-5-6-8-21(18)27(4)22(19)23/h5-12,19H,13H2,1-4H3/t19-/m1/s1. The fraction of sp³-hybridized carbons (Fsp3) is 0.250. The Morgan fingerprint density at radius 2 is 1.84 bits per heavy atom. The van der Waals surface area contributed by atoms with Crippen LogP contribution in [0.3, 0.4) is 0 Å². The third-order valence-corrected chi connectivity index (χ3v) is 5.83. The highest BCUT2D eigenvalue weighted by atomic mass is 16.6. The number of para-hydroxylation sites is 1. The Bertz CT molecular complexity index is 1310. The zero-order valence-corrected chi connectivity index (χ0v) is 18.4. The summed E-state index contributed by atoms with van der Waals surface area (Å²) in [4.78, 5) is 26.8. The number of hydrogen-bond donors (Lipinski definition) is 0. The van der Waals surface area contributed by atoms with Crippen LogP contribution in [0.25, 0.3) is 10.9 Å². The summed E-state index contributed by atoms with van der Waals surface area (Å²) in [5.41, 5.74) is 3.92. The minimum Gasteiger partial charge on any atom is -0.363 e. The monoisotopic (exact) mass is 429 g/mol. The lowest BCUT2D eigenvalue weighted by atomic mass is 9.86. The zero-order valence-electron chi connectivity index (χ0n) is 18.4. The van der Waals surface area contributed by atoms with Gasteiger partial charge in [-0.25, -0.2) is 0 Å². The van der Waals surface area contributed by atoms with Gasteiger partial charge in [-0.05, 0) is 25.1 Å². The van der Waals surface area contributed by atoms with Gasteiger partial charge in [-0.3, -0.25) is 19.8 Å². The van der Waals surface area contributed by atoms with Gasteiger partial charge in [0.1, 0.15) is 11.6 Å². The number of anilines is 2. The van der Waals surface area contributed by atoms with Gasteiger partial charge in [0.05, 0.1) is 33.5 Å².